The Morgan fingerprint density at radius 1 is 1.20 bits per heavy atom. The minimum absolute atomic E-state index is 0.716. The molecule has 0 aliphatic heterocycles. The number of hydrogen-bond donors (Lipinski definition) is 1. The molecule has 0 radical (unpaired) electrons. The second-order valence-corrected chi connectivity index (χ2v) is 6.31. The molecule has 0 spiro atoms. The van der Waals surface area contributed by atoms with Crippen LogP contribution < -0.4 is 5.32 Å². The summed E-state index contributed by atoms with van der Waals surface area (Å²) >= 11 is 6.25. The van der Waals surface area contributed by atoms with E-state index in [1.54, 1.807) is 17.2 Å². The van der Waals surface area contributed by atoms with Gasteiger partial charge in [-0.05, 0) is 37.7 Å². The number of fused-ring (bicyclic) bond motifs is 1. The second kappa shape index (κ2) is 7.80. The van der Waals surface area contributed by atoms with Crippen LogP contribution in [-0.2, 0) is 0 Å². The molecule has 3 aromatic rings. The number of anilines is 1. The summed E-state index contributed by atoms with van der Waals surface area (Å²) in [5.41, 5.74) is 2.69. The van der Waals surface area contributed by atoms with Gasteiger partial charge in [0.15, 0.2) is 5.65 Å². The van der Waals surface area contributed by atoms with Gasteiger partial charge in [-0.15, -0.1) is 0 Å². The third-order valence-corrected chi connectivity index (χ3v) is 4.79. The zero-order chi connectivity index (χ0) is 17.8. The molecule has 25 heavy (non-hydrogen) atoms. The topological polar surface area (TPSA) is 58.9 Å². The van der Waals surface area contributed by atoms with E-state index in [9.17, 15) is 0 Å². The Labute approximate surface area is 152 Å². The molecule has 0 fully saturated rings. The predicted molar refractivity (Wildman–Crippen MR) is 103 cm³/mol. The highest BCUT2D eigenvalue weighted by molar-refractivity contribution is 6.31. The predicted octanol–water partition coefficient (Wildman–Crippen LogP) is 3.53. The molecular formula is C18H23ClN6. The molecule has 2 heterocycles. The van der Waals surface area contributed by atoms with Crippen LogP contribution in [0.25, 0.3) is 16.7 Å². The minimum Gasteiger partial charge on any atom is -0.368 e. The molecular weight excluding hydrogens is 336 g/mol. The molecule has 0 aliphatic rings. The Kier molecular flexibility index (Phi) is 5.50. The van der Waals surface area contributed by atoms with Gasteiger partial charge in [0.05, 0.1) is 17.3 Å². The van der Waals surface area contributed by atoms with Gasteiger partial charge in [-0.3, -0.25) is 0 Å². The lowest BCUT2D eigenvalue weighted by Gasteiger charge is -2.18. The quantitative estimate of drug-likeness (QED) is 0.700. The Morgan fingerprint density at radius 2 is 2.00 bits per heavy atom. The number of nitrogens with zero attached hydrogens (tertiary/aromatic N) is 5. The number of nitrogens with one attached hydrogen (secondary N) is 1. The molecule has 132 valence electrons. The van der Waals surface area contributed by atoms with Crippen LogP contribution in [0.2, 0.25) is 5.02 Å². The van der Waals surface area contributed by atoms with E-state index in [-0.39, 0.29) is 0 Å². The minimum atomic E-state index is 0.716. The van der Waals surface area contributed by atoms with E-state index in [1.165, 1.54) is 0 Å². The number of aryl methyl sites for hydroxylation is 1. The van der Waals surface area contributed by atoms with Gasteiger partial charge < -0.3 is 10.2 Å². The molecule has 0 amide bonds. The first kappa shape index (κ1) is 17.6. The largest absolute Gasteiger partial charge is 0.368 e. The van der Waals surface area contributed by atoms with E-state index >= 15 is 0 Å². The van der Waals surface area contributed by atoms with Crippen molar-refractivity contribution >= 4 is 28.5 Å². The lowest BCUT2D eigenvalue weighted by molar-refractivity contribution is 0.316. The van der Waals surface area contributed by atoms with Crippen LogP contribution in [0.5, 0.6) is 0 Å². The fraction of sp³-hybridized carbons (Fsp3) is 0.389. The summed E-state index contributed by atoms with van der Waals surface area (Å²) in [5.74, 6) is 0.807. The Morgan fingerprint density at radius 3 is 2.72 bits per heavy atom. The number of aromatic nitrogens is 4. The van der Waals surface area contributed by atoms with Gasteiger partial charge in [0.2, 0.25) is 0 Å². The fourth-order valence-electron chi connectivity index (χ4n) is 2.76. The zero-order valence-corrected chi connectivity index (χ0v) is 15.6. The molecule has 0 unspecified atom stereocenters. The number of likely N-dealkylation sites (N-methyl/N-ethyl adjacent to an activating group) is 1. The van der Waals surface area contributed by atoms with E-state index in [0.717, 1.165) is 54.3 Å². The molecule has 0 saturated heterocycles. The highest BCUT2D eigenvalue weighted by Crippen LogP contribution is 2.24. The van der Waals surface area contributed by atoms with Gasteiger partial charge in [0.25, 0.3) is 0 Å². The summed E-state index contributed by atoms with van der Waals surface area (Å²) < 4.78 is 1.79. The van der Waals surface area contributed by atoms with Gasteiger partial charge in [-0.25, -0.2) is 14.6 Å². The fourth-order valence-corrected chi connectivity index (χ4v) is 2.93. The van der Waals surface area contributed by atoms with Gasteiger partial charge in [0, 0.05) is 18.1 Å². The normalized spacial score (nSPS) is 11.4. The van der Waals surface area contributed by atoms with E-state index in [1.807, 2.05) is 25.1 Å². The first-order valence-electron chi connectivity index (χ1n) is 8.55. The lowest BCUT2D eigenvalue weighted by Crippen LogP contribution is -2.28. The monoisotopic (exact) mass is 358 g/mol. The smallest absolute Gasteiger partial charge is 0.168 e. The average Bonchev–Trinajstić information content (AvgIpc) is 3.06. The maximum Gasteiger partial charge on any atom is 0.168 e. The molecule has 1 N–H and O–H groups in total. The number of rotatable bonds is 7. The van der Waals surface area contributed by atoms with Crippen molar-refractivity contribution in [2.45, 2.75) is 20.8 Å². The highest BCUT2D eigenvalue weighted by atomic mass is 35.5. The Bertz CT molecular complexity index is 856. The van der Waals surface area contributed by atoms with Gasteiger partial charge in [-0.1, -0.05) is 31.5 Å². The lowest BCUT2D eigenvalue weighted by atomic mass is 10.2. The van der Waals surface area contributed by atoms with Crippen molar-refractivity contribution < 1.29 is 0 Å². The molecule has 2 aromatic heterocycles. The standard InChI is InChI=1S/C18H23ClN6/c1-4-24(5-2)9-8-20-17-15-11-23-25(18(15)22-12-21-17)14-7-6-13(3)16(19)10-14/h6-7,10-12H,4-5,8-9H2,1-3H3,(H,20,21,22). The molecule has 1 aromatic carbocycles. The first-order chi connectivity index (χ1) is 12.1. The number of benzene rings is 1. The maximum atomic E-state index is 6.25. The third kappa shape index (κ3) is 3.75. The van der Waals surface area contributed by atoms with Gasteiger partial charge >= 0.3 is 0 Å². The van der Waals surface area contributed by atoms with E-state index in [0.29, 0.717) is 5.02 Å². The van der Waals surface area contributed by atoms with Crippen molar-refractivity contribution in [2.24, 2.45) is 0 Å². The first-order valence-corrected chi connectivity index (χ1v) is 8.93. The number of halogens is 1. The van der Waals surface area contributed by atoms with Crippen LogP contribution in [0.1, 0.15) is 19.4 Å². The Balaban J connectivity index is 1.86. The summed E-state index contributed by atoms with van der Waals surface area (Å²) in [7, 11) is 0. The summed E-state index contributed by atoms with van der Waals surface area (Å²) in [6.07, 6.45) is 3.36. The van der Waals surface area contributed by atoms with Crippen molar-refractivity contribution in [3.05, 3.63) is 41.3 Å². The average molecular weight is 359 g/mol. The molecule has 0 bridgehead atoms. The van der Waals surface area contributed by atoms with Crippen molar-refractivity contribution in [1.82, 2.24) is 24.6 Å². The van der Waals surface area contributed by atoms with Crippen LogP contribution in [0.15, 0.2) is 30.7 Å². The van der Waals surface area contributed by atoms with E-state index in [2.05, 4.69) is 39.1 Å². The van der Waals surface area contributed by atoms with Crippen molar-refractivity contribution in [3.63, 3.8) is 0 Å². The van der Waals surface area contributed by atoms with Crippen LogP contribution in [0, 0.1) is 6.92 Å². The molecule has 7 heteroatoms. The van der Waals surface area contributed by atoms with Crippen molar-refractivity contribution in [2.75, 3.05) is 31.5 Å². The summed E-state index contributed by atoms with van der Waals surface area (Å²) in [5, 5.41) is 9.49. The second-order valence-electron chi connectivity index (χ2n) is 5.90. The summed E-state index contributed by atoms with van der Waals surface area (Å²) in [6.45, 7) is 10.2. The van der Waals surface area contributed by atoms with Crippen LogP contribution in [0.4, 0.5) is 5.82 Å². The Hall–Kier alpha value is -2.18. The van der Waals surface area contributed by atoms with E-state index < -0.39 is 0 Å². The van der Waals surface area contributed by atoms with Crippen LogP contribution in [0.3, 0.4) is 0 Å². The van der Waals surface area contributed by atoms with E-state index in [4.69, 9.17) is 11.6 Å². The van der Waals surface area contributed by atoms with Crippen molar-refractivity contribution in [1.29, 1.82) is 0 Å². The zero-order valence-electron chi connectivity index (χ0n) is 14.8. The molecule has 6 nitrogen and oxygen atoms in total. The molecule has 3 rings (SSSR count). The number of hydrogen-bond acceptors (Lipinski definition) is 5. The maximum absolute atomic E-state index is 6.25. The molecule has 0 aliphatic carbocycles. The summed E-state index contributed by atoms with van der Waals surface area (Å²) in [4.78, 5) is 11.1. The van der Waals surface area contributed by atoms with Crippen LogP contribution >= 0.6 is 11.6 Å². The van der Waals surface area contributed by atoms with Crippen LogP contribution in [-0.4, -0.2) is 50.8 Å². The van der Waals surface area contributed by atoms with Gasteiger partial charge in [-0.2, -0.15) is 5.10 Å². The van der Waals surface area contributed by atoms with Gasteiger partial charge in [0.1, 0.15) is 12.1 Å². The van der Waals surface area contributed by atoms with Crippen molar-refractivity contribution in [3.8, 4) is 5.69 Å². The summed E-state index contributed by atoms with van der Waals surface area (Å²) in [6, 6.07) is 5.87. The SMILES string of the molecule is CCN(CC)CCNc1ncnc2c1cnn2-c1ccc(C)c(Cl)c1. The molecule has 0 saturated carbocycles. The highest BCUT2D eigenvalue weighted by Gasteiger charge is 2.12. The third-order valence-electron chi connectivity index (χ3n) is 4.38. The molecule has 0 atom stereocenters.